The van der Waals surface area contributed by atoms with E-state index in [2.05, 4.69) is 17.6 Å². The van der Waals surface area contributed by atoms with Crippen molar-refractivity contribution in [2.24, 2.45) is 5.41 Å². The van der Waals surface area contributed by atoms with Gasteiger partial charge in [0.1, 0.15) is 5.70 Å². The monoisotopic (exact) mass is 586 g/mol. The molecular weight excluding hydrogens is 554 g/mol. The number of allylic oxidation sites excluding steroid dienone is 1. The number of rotatable bonds is 11. The van der Waals surface area contributed by atoms with Crippen LogP contribution in [0, 0.1) is 10.8 Å². The van der Waals surface area contributed by atoms with Crippen LogP contribution < -0.4 is 16.4 Å². The molecule has 1 saturated heterocycles. The number of amides is 1. The van der Waals surface area contributed by atoms with Crippen molar-refractivity contribution in [3.8, 4) is 0 Å². The summed E-state index contributed by atoms with van der Waals surface area (Å²) in [5, 5.41) is 14.9. The van der Waals surface area contributed by atoms with Crippen LogP contribution >= 0.6 is 11.6 Å². The SMILES string of the molecule is CC(=O)c1cc(C2CN(/C(C=N)=C(\OCC3(C)CC3)C(=O)Nc3cccc(Cl)c3)CCN2)c(CS(=O)[O-])cc1N. The largest absolute Gasteiger partial charge is 0.772 e. The van der Waals surface area contributed by atoms with Gasteiger partial charge in [0, 0.05) is 59.0 Å². The average molecular weight is 587 g/mol. The van der Waals surface area contributed by atoms with Crippen LogP contribution in [-0.2, 0) is 26.4 Å². The normalized spacial score (nSPS) is 19.3. The Balaban J connectivity index is 1.68. The number of ether oxygens (including phenoxy) is 1. The number of nitrogens with two attached hydrogens (primary N) is 1. The van der Waals surface area contributed by atoms with Gasteiger partial charge in [-0.15, -0.1) is 0 Å². The van der Waals surface area contributed by atoms with E-state index >= 15 is 0 Å². The summed E-state index contributed by atoms with van der Waals surface area (Å²) in [5.41, 5.74) is 8.45. The highest BCUT2D eigenvalue weighted by molar-refractivity contribution is 7.78. The van der Waals surface area contributed by atoms with E-state index in [9.17, 15) is 18.4 Å². The highest BCUT2D eigenvalue weighted by Crippen LogP contribution is 2.45. The van der Waals surface area contributed by atoms with Crippen molar-refractivity contribution in [3.05, 3.63) is 69.6 Å². The number of carbonyl (C=O) groups excluding carboxylic acids is 2. The number of hydrogen-bond donors (Lipinski definition) is 4. The average Bonchev–Trinajstić information content (AvgIpc) is 3.63. The van der Waals surface area contributed by atoms with Gasteiger partial charge < -0.3 is 36.0 Å². The van der Waals surface area contributed by atoms with Crippen LogP contribution in [0.25, 0.3) is 0 Å². The molecule has 10 nitrogen and oxygen atoms in total. The summed E-state index contributed by atoms with van der Waals surface area (Å²) in [6.45, 7) is 5.05. The zero-order chi connectivity index (χ0) is 29.0. The van der Waals surface area contributed by atoms with E-state index in [-0.39, 0.29) is 28.4 Å². The first-order chi connectivity index (χ1) is 19.0. The predicted octanol–water partition coefficient (Wildman–Crippen LogP) is 3.77. The van der Waals surface area contributed by atoms with Crippen LogP contribution in [0.3, 0.4) is 0 Å². The molecule has 1 aliphatic heterocycles. The molecule has 1 aliphatic carbocycles. The molecule has 214 valence electrons. The number of anilines is 2. The molecule has 12 heteroatoms. The van der Waals surface area contributed by atoms with Crippen molar-refractivity contribution in [2.75, 3.05) is 37.3 Å². The third-order valence-electron chi connectivity index (χ3n) is 7.18. The third-order valence-corrected chi connectivity index (χ3v) is 7.96. The predicted molar refractivity (Wildman–Crippen MR) is 155 cm³/mol. The molecule has 0 spiro atoms. The number of hydrogen-bond acceptors (Lipinski definition) is 9. The van der Waals surface area contributed by atoms with Gasteiger partial charge >= 0.3 is 0 Å². The van der Waals surface area contributed by atoms with Crippen LogP contribution in [0.1, 0.15) is 54.2 Å². The molecule has 0 aromatic heterocycles. The smallest absolute Gasteiger partial charge is 0.293 e. The molecule has 5 N–H and O–H groups in total. The number of Topliss-reactive ketones (excluding diaryl/α,β-unsaturated/α-hetero) is 1. The number of halogens is 1. The fourth-order valence-electron chi connectivity index (χ4n) is 4.65. The van der Waals surface area contributed by atoms with Gasteiger partial charge in [0.25, 0.3) is 5.91 Å². The second-order valence-corrected chi connectivity index (χ2v) is 11.9. The summed E-state index contributed by atoms with van der Waals surface area (Å²) in [6.07, 6.45) is 3.08. The van der Waals surface area contributed by atoms with Gasteiger partial charge in [-0.2, -0.15) is 0 Å². The fraction of sp³-hybridized carbons (Fsp3) is 0.393. The van der Waals surface area contributed by atoms with Gasteiger partial charge in [-0.3, -0.25) is 13.8 Å². The summed E-state index contributed by atoms with van der Waals surface area (Å²) < 4.78 is 29.3. The highest BCUT2D eigenvalue weighted by Gasteiger charge is 2.39. The third kappa shape index (κ3) is 7.28. The standard InChI is InChI=1S/C28H34ClN5O5S/c1-17(35)21-12-22(18(10-23(21)31)15-40(37)38)24-14-34(9-8-32-24)25(13-30)26(39-16-28(2)6-7-28)27(36)33-20-5-3-4-19(29)11-20/h3-5,10-13,24,30,32H,6-9,14-16,31H2,1-2H3,(H,33,36)(H,37,38)/p-1/b26-25-,30-13?. The van der Waals surface area contributed by atoms with E-state index < -0.39 is 23.0 Å². The first-order valence-electron chi connectivity index (χ1n) is 12.9. The Morgan fingerprint density at radius 1 is 1.35 bits per heavy atom. The van der Waals surface area contributed by atoms with E-state index in [1.165, 1.54) is 13.0 Å². The lowest BCUT2D eigenvalue weighted by atomic mass is 9.94. The van der Waals surface area contributed by atoms with Crippen LogP contribution in [0.2, 0.25) is 5.02 Å². The van der Waals surface area contributed by atoms with E-state index in [1.54, 1.807) is 30.3 Å². The van der Waals surface area contributed by atoms with Gasteiger partial charge in [0.15, 0.2) is 5.78 Å². The lowest BCUT2D eigenvalue weighted by Crippen LogP contribution is -2.46. The topological polar surface area (TPSA) is 161 Å². The van der Waals surface area contributed by atoms with Crippen molar-refractivity contribution in [3.63, 3.8) is 0 Å². The summed E-state index contributed by atoms with van der Waals surface area (Å²) >= 11 is 3.72. The van der Waals surface area contributed by atoms with Crippen molar-refractivity contribution >= 4 is 52.0 Å². The molecule has 2 fully saturated rings. The molecule has 2 aromatic rings. The maximum Gasteiger partial charge on any atom is 0.293 e. The van der Waals surface area contributed by atoms with Crippen LogP contribution in [0.4, 0.5) is 11.4 Å². The summed E-state index contributed by atoms with van der Waals surface area (Å²) in [7, 11) is 0. The zero-order valence-corrected chi connectivity index (χ0v) is 24.0. The van der Waals surface area contributed by atoms with Gasteiger partial charge in [0.2, 0.25) is 5.76 Å². The van der Waals surface area contributed by atoms with Crippen molar-refractivity contribution in [1.29, 1.82) is 5.41 Å². The first-order valence-corrected chi connectivity index (χ1v) is 14.5. The second kappa shape index (κ2) is 12.5. The molecule has 1 heterocycles. The minimum atomic E-state index is -2.38. The quantitative estimate of drug-likeness (QED) is 0.0772. The summed E-state index contributed by atoms with van der Waals surface area (Å²) in [5.74, 6) is -0.985. The number of nitrogens with zero attached hydrogens (tertiary/aromatic N) is 1. The minimum Gasteiger partial charge on any atom is -0.772 e. The van der Waals surface area contributed by atoms with E-state index in [4.69, 9.17) is 27.5 Å². The Hall–Kier alpha value is -3.25. The van der Waals surface area contributed by atoms with Crippen molar-refractivity contribution in [2.45, 2.75) is 38.5 Å². The second-order valence-electron chi connectivity index (χ2n) is 10.5. The van der Waals surface area contributed by atoms with E-state index in [1.807, 2.05) is 4.90 Å². The molecule has 0 bridgehead atoms. The lowest BCUT2D eigenvalue weighted by Gasteiger charge is -2.37. The van der Waals surface area contributed by atoms with E-state index in [0.29, 0.717) is 59.3 Å². The number of benzene rings is 2. The molecule has 1 saturated carbocycles. The number of ketones is 1. The van der Waals surface area contributed by atoms with Crippen LogP contribution in [0.15, 0.2) is 47.9 Å². The zero-order valence-electron chi connectivity index (χ0n) is 22.4. The molecule has 0 radical (unpaired) electrons. The number of piperazine rings is 1. The molecule has 2 aromatic carbocycles. The van der Waals surface area contributed by atoms with Gasteiger partial charge in [0.05, 0.1) is 12.6 Å². The Kier molecular flexibility index (Phi) is 9.29. The number of nitrogens with one attached hydrogen (secondary N) is 3. The highest BCUT2D eigenvalue weighted by atomic mass is 35.5. The fourth-order valence-corrected chi connectivity index (χ4v) is 5.35. The Labute approximate surface area is 241 Å². The Bertz CT molecular complexity index is 1380. The Morgan fingerprint density at radius 3 is 2.73 bits per heavy atom. The molecule has 2 unspecified atom stereocenters. The maximum absolute atomic E-state index is 13.5. The first kappa shape index (κ1) is 29.7. The van der Waals surface area contributed by atoms with Crippen LogP contribution in [0.5, 0.6) is 0 Å². The van der Waals surface area contributed by atoms with Crippen LogP contribution in [-0.4, -0.2) is 57.8 Å². The minimum absolute atomic E-state index is 0.0172. The molecule has 1 amide bonds. The summed E-state index contributed by atoms with van der Waals surface area (Å²) in [6, 6.07) is 9.52. The van der Waals surface area contributed by atoms with Gasteiger partial charge in [-0.25, -0.2) is 0 Å². The lowest BCUT2D eigenvalue weighted by molar-refractivity contribution is -0.116. The van der Waals surface area contributed by atoms with Crippen molar-refractivity contribution in [1.82, 2.24) is 10.2 Å². The molecule has 4 rings (SSSR count). The molecule has 2 atom stereocenters. The molecular formula is C28H33ClN5O5S-. The molecule has 40 heavy (non-hydrogen) atoms. The van der Waals surface area contributed by atoms with Gasteiger partial charge in [-0.05, 0) is 61.2 Å². The number of nitrogen functional groups attached to an aromatic ring is 1. The maximum atomic E-state index is 13.5. The summed E-state index contributed by atoms with van der Waals surface area (Å²) in [4.78, 5) is 27.6. The molecule has 2 aliphatic rings. The van der Waals surface area contributed by atoms with Crippen molar-refractivity contribution < 1.29 is 23.1 Å². The van der Waals surface area contributed by atoms with Gasteiger partial charge in [-0.1, -0.05) is 35.7 Å². The Morgan fingerprint density at radius 2 is 2.10 bits per heavy atom. The number of carbonyl (C=O) groups is 2. The van der Waals surface area contributed by atoms with E-state index in [0.717, 1.165) is 19.1 Å².